The van der Waals surface area contributed by atoms with Gasteiger partial charge in [-0.05, 0) is 6.92 Å². The highest BCUT2D eigenvalue weighted by molar-refractivity contribution is 5.92. The lowest BCUT2D eigenvalue weighted by Crippen LogP contribution is -2.33. The molecule has 0 spiro atoms. The van der Waals surface area contributed by atoms with Gasteiger partial charge >= 0.3 is 11.9 Å². The zero-order valence-electron chi connectivity index (χ0n) is 10.7. The first-order valence-electron chi connectivity index (χ1n) is 5.48. The second-order valence-electron chi connectivity index (χ2n) is 4.09. The molecule has 1 rings (SSSR count). The molecule has 1 aromatic carbocycles. The molecule has 0 aliphatic carbocycles. The van der Waals surface area contributed by atoms with E-state index in [0.717, 1.165) is 14.0 Å². The third kappa shape index (κ3) is 2.69. The van der Waals surface area contributed by atoms with Crippen molar-refractivity contribution in [3.63, 3.8) is 0 Å². The highest BCUT2D eigenvalue weighted by Gasteiger charge is 2.29. The number of aromatic carboxylic acids is 1. The van der Waals surface area contributed by atoms with Crippen LogP contribution in [0.1, 0.15) is 21.5 Å². The highest BCUT2D eigenvalue weighted by atomic mass is 19.1. The molecule has 8 heteroatoms. The Labute approximate surface area is 112 Å². The van der Waals surface area contributed by atoms with Gasteiger partial charge in [0, 0.05) is 17.5 Å². The molecule has 0 aliphatic heterocycles. The first kappa shape index (κ1) is 15.8. The van der Waals surface area contributed by atoms with E-state index in [9.17, 15) is 18.4 Å². The van der Waals surface area contributed by atoms with E-state index >= 15 is 0 Å². The van der Waals surface area contributed by atoms with Crippen LogP contribution < -0.4 is 10.5 Å². The number of nitrogens with two attached hydrogens (primary N) is 1. The van der Waals surface area contributed by atoms with Gasteiger partial charge in [0.15, 0.2) is 17.4 Å². The van der Waals surface area contributed by atoms with Gasteiger partial charge < -0.3 is 20.7 Å². The molecule has 0 radical (unpaired) electrons. The van der Waals surface area contributed by atoms with E-state index in [2.05, 4.69) is 4.74 Å². The van der Waals surface area contributed by atoms with Crippen molar-refractivity contribution in [2.75, 3.05) is 7.11 Å². The van der Waals surface area contributed by atoms with Crippen molar-refractivity contribution in [1.82, 2.24) is 0 Å². The molecule has 4 N–H and O–H groups in total. The Bertz CT molecular complexity index is 574. The molecule has 0 bridgehead atoms. The number of benzene rings is 1. The summed E-state index contributed by atoms with van der Waals surface area (Å²) < 4.78 is 32.4. The second kappa shape index (κ2) is 5.83. The van der Waals surface area contributed by atoms with Crippen LogP contribution in [0, 0.1) is 18.6 Å². The Morgan fingerprint density at radius 2 is 1.85 bits per heavy atom. The average Bonchev–Trinajstić information content (AvgIpc) is 2.35. The maximum absolute atomic E-state index is 14.1. The molecule has 0 fully saturated rings. The van der Waals surface area contributed by atoms with Gasteiger partial charge in [0.25, 0.3) is 0 Å². The van der Waals surface area contributed by atoms with Crippen molar-refractivity contribution in [3.8, 4) is 5.75 Å². The van der Waals surface area contributed by atoms with Gasteiger partial charge in [0.1, 0.15) is 6.04 Å². The fraction of sp³-hybridized carbons (Fsp3) is 0.333. The van der Waals surface area contributed by atoms with E-state index in [1.54, 1.807) is 0 Å². The maximum Gasteiger partial charge on any atom is 0.336 e. The van der Waals surface area contributed by atoms with Gasteiger partial charge in [0.2, 0.25) is 0 Å². The number of hydrogen-bond acceptors (Lipinski definition) is 4. The van der Waals surface area contributed by atoms with Gasteiger partial charge in [0.05, 0.1) is 12.7 Å². The standard InChI is InChI=1S/C12H13F2NO5/c1-4-7(12(18)19)5(3-6(15)11(16)17)9(14)10(20-2)8(4)13/h6H,3,15H2,1-2H3,(H,16,17)(H,18,19). The zero-order valence-corrected chi connectivity index (χ0v) is 10.7. The van der Waals surface area contributed by atoms with E-state index in [1.807, 2.05) is 0 Å². The largest absolute Gasteiger partial charge is 0.491 e. The number of carbonyl (C=O) groups is 2. The minimum absolute atomic E-state index is 0.344. The van der Waals surface area contributed by atoms with Crippen molar-refractivity contribution >= 4 is 11.9 Å². The van der Waals surface area contributed by atoms with Crippen molar-refractivity contribution in [2.45, 2.75) is 19.4 Å². The topological polar surface area (TPSA) is 110 Å². The van der Waals surface area contributed by atoms with Crippen molar-refractivity contribution in [2.24, 2.45) is 5.73 Å². The molecule has 1 atom stereocenters. The van der Waals surface area contributed by atoms with Crippen LogP contribution in [0.25, 0.3) is 0 Å². The molecule has 110 valence electrons. The van der Waals surface area contributed by atoms with Crippen LogP contribution in [0.15, 0.2) is 0 Å². The molecule has 0 saturated heterocycles. The third-order valence-corrected chi connectivity index (χ3v) is 2.83. The smallest absolute Gasteiger partial charge is 0.336 e. The predicted molar refractivity (Wildman–Crippen MR) is 63.9 cm³/mol. The Balaban J connectivity index is 3.58. The molecule has 0 heterocycles. The van der Waals surface area contributed by atoms with E-state index in [4.69, 9.17) is 15.9 Å². The van der Waals surface area contributed by atoms with Gasteiger partial charge in [-0.25, -0.2) is 13.6 Å². The Hall–Kier alpha value is -2.22. The fourth-order valence-electron chi connectivity index (χ4n) is 1.82. The van der Waals surface area contributed by atoms with Crippen molar-refractivity contribution < 1.29 is 33.3 Å². The van der Waals surface area contributed by atoms with Crippen LogP contribution in [0.3, 0.4) is 0 Å². The summed E-state index contributed by atoms with van der Waals surface area (Å²) in [6, 6.07) is -1.52. The summed E-state index contributed by atoms with van der Waals surface area (Å²) in [5.41, 5.74) is 3.79. The lowest BCUT2D eigenvalue weighted by Gasteiger charge is -2.16. The molecule has 0 aliphatic rings. The number of rotatable bonds is 5. The number of carboxylic acid groups (broad SMARTS) is 2. The lowest BCUT2D eigenvalue weighted by molar-refractivity contribution is -0.138. The number of halogens is 2. The van der Waals surface area contributed by atoms with Crippen molar-refractivity contribution in [1.29, 1.82) is 0 Å². The summed E-state index contributed by atoms with van der Waals surface area (Å²) >= 11 is 0. The first-order valence-corrected chi connectivity index (χ1v) is 5.48. The predicted octanol–water partition coefficient (Wildman–Crippen LogP) is 0.934. The van der Waals surface area contributed by atoms with E-state index in [-0.39, 0.29) is 5.56 Å². The van der Waals surface area contributed by atoms with Crippen LogP contribution in [0.5, 0.6) is 5.75 Å². The van der Waals surface area contributed by atoms with Crippen LogP contribution >= 0.6 is 0 Å². The number of ether oxygens (including phenoxy) is 1. The fourth-order valence-corrected chi connectivity index (χ4v) is 1.82. The first-order chi connectivity index (χ1) is 9.22. The van der Waals surface area contributed by atoms with E-state index in [0.29, 0.717) is 0 Å². The SMILES string of the molecule is COc1c(F)c(C)c(C(=O)O)c(CC(N)C(=O)O)c1F. The van der Waals surface area contributed by atoms with Crippen LogP contribution in [-0.4, -0.2) is 35.3 Å². The maximum atomic E-state index is 14.1. The highest BCUT2D eigenvalue weighted by Crippen LogP contribution is 2.32. The summed E-state index contributed by atoms with van der Waals surface area (Å²) in [5, 5.41) is 17.8. The molecule has 6 nitrogen and oxygen atoms in total. The third-order valence-electron chi connectivity index (χ3n) is 2.83. The Morgan fingerprint density at radius 3 is 2.25 bits per heavy atom. The average molecular weight is 289 g/mol. The summed E-state index contributed by atoms with van der Waals surface area (Å²) in [6.07, 6.45) is -0.597. The molecule has 0 amide bonds. The Morgan fingerprint density at radius 1 is 1.30 bits per heavy atom. The van der Waals surface area contributed by atoms with Gasteiger partial charge in [-0.15, -0.1) is 0 Å². The van der Waals surface area contributed by atoms with Crippen molar-refractivity contribution in [3.05, 3.63) is 28.3 Å². The van der Waals surface area contributed by atoms with Gasteiger partial charge in [-0.2, -0.15) is 0 Å². The summed E-state index contributed by atoms with van der Waals surface area (Å²) in [5.74, 6) is -6.17. The van der Waals surface area contributed by atoms with E-state index < -0.39 is 52.9 Å². The quantitative estimate of drug-likeness (QED) is 0.744. The molecule has 1 unspecified atom stereocenters. The lowest BCUT2D eigenvalue weighted by atomic mass is 9.95. The molecule has 20 heavy (non-hydrogen) atoms. The monoisotopic (exact) mass is 289 g/mol. The zero-order chi connectivity index (χ0) is 15.6. The number of aliphatic carboxylic acids is 1. The van der Waals surface area contributed by atoms with Crippen LogP contribution in [0.4, 0.5) is 8.78 Å². The van der Waals surface area contributed by atoms with Gasteiger partial charge in [-0.1, -0.05) is 0 Å². The summed E-state index contributed by atoms with van der Waals surface area (Å²) in [6.45, 7) is 1.14. The molecule has 0 saturated carbocycles. The molecule has 1 aromatic rings. The number of hydrogen-bond donors (Lipinski definition) is 3. The summed E-state index contributed by atoms with van der Waals surface area (Å²) in [4.78, 5) is 21.8. The van der Waals surface area contributed by atoms with E-state index in [1.165, 1.54) is 0 Å². The normalized spacial score (nSPS) is 12.1. The van der Waals surface area contributed by atoms with Gasteiger partial charge in [-0.3, -0.25) is 4.79 Å². The molecular formula is C12H13F2NO5. The number of carboxylic acids is 2. The minimum atomic E-state index is -1.57. The second-order valence-corrected chi connectivity index (χ2v) is 4.09. The summed E-state index contributed by atoms with van der Waals surface area (Å²) in [7, 11) is 1.02. The Kier molecular flexibility index (Phi) is 4.61. The van der Waals surface area contributed by atoms with Crippen LogP contribution in [-0.2, 0) is 11.2 Å². The molecule has 0 aromatic heterocycles. The molecular weight excluding hydrogens is 276 g/mol. The van der Waals surface area contributed by atoms with Crippen LogP contribution in [0.2, 0.25) is 0 Å². The minimum Gasteiger partial charge on any atom is -0.491 e. The number of methoxy groups -OCH3 is 1.